The van der Waals surface area contributed by atoms with Crippen LogP contribution in [0.25, 0.3) is 0 Å². The van der Waals surface area contributed by atoms with Gasteiger partial charge < -0.3 is 9.84 Å². The third kappa shape index (κ3) is 5.10. The summed E-state index contributed by atoms with van der Waals surface area (Å²) in [4.78, 5) is 11.2. The summed E-state index contributed by atoms with van der Waals surface area (Å²) >= 11 is 0. The normalized spacial score (nSPS) is 39.9. The van der Waals surface area contributed by atoms with E-state index in [1.54, 1.807) is 12.1 Å². The fourth-order valence-electron chi connectivity index (χ4n) is 10.2. The summed E-state index contributed by atoms with van der Waals surface area (Å²) in [5.41, 5.74) is 1.37. The Hall–Kier alpha value is -1.51. The van der Waals surface area contributed by atoms with Crippen LogP contribution >= 0.6 is 0 Å². The van der Waals surface area contributed by atoms with E-state index in [4.69, 9.17) is 4.74 Å². The van der Waals surface area contributed by atoms with Crippen molar-refractivity contribution in [2.75, 3.05) is 0 Å². The van der Waals surface area contributed by atoms with Crippen LogP contribution < -0.4 is 4.74 Å². The van der Waals surface area contributed by atoms with Crippen molar-refractivity contribution >= 4 is 5.97 Å². The molecule has 0 amide bonds. The van der Waals surface area contributed by atoms with Gasteiger partial charge in [-0.1, -0.05) is 53.9 Å². The number of carbonyl (C=O) groups is 1. The summed E-state index contributed by atoms with van der Waals surface area (Å²) in [6.07, 6.45) is 16.7. The fraction of sp³-hybridized carbons (Fsp3) is 0.794. The van der Waals surface area contributed by atoms with E-state index in [-0.39, 0.29) is 6.10 Å². The molecular weight excluding hydrogens is 456 g/mol. The minimum atomic E-state index is -0.880. The molecule has 5 rings (SSSR count). The Morgan fingerprint density at radius 1 is 0.919 bits per heavy atom. The molecule has 206 valence electrons. The molecule has 4 fully saturated rings. The van der Waals surface area contributed by atoms with E-state index < -0.39 is 5.97 Å². The van der Waals surface area contributed by atoms with Crippen molar-refractivity contribution in [2.24, 2.45) is 52.3 Å². The SMILES string of the molecule is CC(C)CCC[C@@H](C)[C@H]1CC[C@H]2[C@@H]3CCC4CC(Oc5ccc(C(=O)O)cc5)CC[C@]4(C)[C@H]3CC[C@]12C. The molecule has 4 aliphatic carbocycles. The van der Waals surface area contributed by atoms with Crippen LogP contribution in [0.15, 0.2) is 24.3 Å². The van der Waals surface area contributed by atoms with Crippen molar-refractivity contribution in [2.45, 2.75) is 118 Å². The van der Waals surface area contributed by atoms with Crippen LogP contribution in [0, 0.1) is 52.3 Å². The number of fused-ring (bicyclic) bond motifs is 5. The number of hydrogen-bond donors (Lipinski definition) is 1. The maximum absolute atomic E-state index is 11.2. The van der Waals surface area contributed by atoms with Gasteiger partial charge >= 0.3 is 5.97 Å². The highest BCUT2D eigenvalue weighted by Crippen LogP contribution is 2.68. The Morgan fingerprint density at radius 2 is 1.62 bits per heavy atom. The number of carboxylic acid groups (broad SMARTS) is 1. The highest BCUT2D eigenvalue weighted by molar-refractivity contribution is 5.87. The lowest BCUT2D eigenvalue weighted by Gasteiger charge is -2.61. The number of carboxylic acids is 1. The number of ether oxygens (including phenoxy) is 1. The number of rotatable bonds is 8. The minimum absolute atomic E-state index is 0.265. The Labute approximate surface area is 226 Å². The van der Waals surface area contributed by atoms with E-state index >= 15 is 0 Å². The van der Waals surface area contributed by atoms with Crippen LogP contribution in [-0.4, -0.2) is 17.2 Å². The monoisotopic (exact) mass is 508 g/mol. The van der Waals surface area contributed by atoms with Crippen molar-refractivity contribution in [3.8, 4) is 5.75 Å². The molecule has 0 bridgehead atoms. The third-order valence-corrected chi connectivity index (χ3v) is 12.2. The largest absolute Gasteiger partial charge is 0.490 e. The molecule has 4 saturated carbocycles. The molecule has 1 N–H and O–H groups in total. The average Bonchev–Trinajstić information content (AvgIpc) is 3.21. The quantitative estimate of drug-likeness (QED) is 0.380. The molecule has 0 aliphatic heterocycles. The molecular formula is C34H52O3. The van der Waals surface area contributed by atoms with E-state index in [2.05, 4.69) is 34.6 Å². The lowest BCUT2D eigenvalue weighted by Crippen LogP contribution is -2.54. The van der Waals surface area contributed by atoms with E-state index in [0.717, 1.165) is 60.0 Å². The summed E-state index contributed by atoms with van der Waals surface area (Å²) in [6.45, 7) is 12.7. The van der Waals surface area contributed by atoms with Gasteiger partial charge in [-0.25, -0.2) is 4.79 Å². The van der Waals surface area contributed by atoms with Crippen molar-refractivity contribution in [1.29, 1.82) is 0 Å². The Balaban J connectivity index is 1.22. The standard InChI is InChI=1S/C34H52O3/c1-22(2)7-6-8-23(3)29-15-16-30-28-14-11-25-21-27(37-26-12-9-24(10-13-26)32(35)36)17-19-33(25,4)31(28)18-20-34(29,30)5/h9-10,12-13,22-23,25,27-31H,6-8,11,14-21H2,1-5H3,(H,35,36)/t23-,25?,27?,28+,29-,30+,31+,33+,34-/m1/s1. The molecule has 2 unspecified atom stereocenters. The molecule has 4 aliphatic rings. The number of hydrogen-bond acceptors (Lipinski definition) is 2. The minimum Gasteiger partial charge on any atom is -0.490 e. The van der Waals surface area contributed by atoms with E-state index in [0.29, 0.717) is 16.4 Å². The molecule has 37 heavy (non-hydrogen) atoms. The lowest BCUT2D eigenvalue weighted by molar-refractivity contribution is -0.126. The fourth-order valence-corrected chi connectivity index (χ4v) is 10.2. The Bertz CT molecular complexity index is 937. The molecule has 0 heterocycles. The van der Waals surface area contributed by atoms with Crippen molar-refractivity contribution in [3.63, 3.8) is 0 Å². The number of aromatic carboxylic acids is 1. The van der Waals surface area contributed by atoms with Gasteiger partial charge in [0.25, 0.3) is 0 Å². The van der Waals surface area contributed by atoms with Crippen molar-refractivity contribution in [1.82, 2.24) is 0 Å². The highest BCUT2D eigenvalue weighted by Gasteiger charge is 2.60. The molecule has 0 spiro atoms. The lowest BCUT2D eigenvalue weighted by atomic mass is 9.44. The zero-order valence-electron chi connectivity index (χ0n) is 24.2. The second-order valence-corrected chi connectivity index (χ2v) is 14.5. The van der Waals surface area contributed by atoms with Crippen LogP contribution in [0.4, 0.5) is 0 Å². The zero-order chi connectivity index (χ0) is 26.4. The first-order chi connectivity index (χ1) is 17.6. The highest BCUT2D eigenvalue weighted by atomic mass is 16.5. The predicted octanol–water partition coefficient (Wildman–Crippen LogP) is 9.25. The summed E-state index contributed by atoms with van der Waals surface area (Å²) < 4.78 is 6.40. The summed E-state index contributed by atoms with van der Waals surface area (Å²) in [5.74, 6) is 6.15. The molecule has 1 aromatic carbocycles. The van der Waals surface area contributed by atoms with E-state index in [1.807, 2.05) is 12.1 Å². The zero-order valence-corrected chi connectivity index (χ0v) is 24.2. The second kappa shape index (κ2) is 10.6. The summed E-state index contributed by atoms with van der Waals surface area (Å²) in [6, 6.07) is 6.98. The van der Waals surface area contributed by atoms with Gasteiger partial charge in [0.2, 0.25) is 0 Å². The van der Waals surface area contributed by atoms with Crippen molar-refractivity contribution < 1.29 is 14.6 Å². The molecule has 1 aromatic rings. The van der Waals surface area contributed by atoms with Gasteiger partial charge in [0.05, 0.1) is 11.7 Å². The van der Waals surface area contributed by atoms with Crippen LogP contribution in [0.2, 0.25) is 0 Å². The average molecular weight is 509 g/mol. The Morgan fingerprint density at radius 3 is 2.32 bits per heavy atom. The van der Waals surface area contributed by atoms with Gasteiger partial charge in [0.1, 0.15) is 5.75 Å². The smallest absolute Gasteiger partial charge is 0.335 e. The van der Waals surface area contributed by atoms with Gasteiger partial charge in [0, 0.05) is 0 Å². The maximum atomic E-state index is 11.2. The second-order valence-electron chi connectivity index (χ2n) is 14.5. The molecule has 9 atom stereocenters. The first kappa shape index (κ1) is 27.1. The van der Waals surface area contributed by atoms with Crippen LogP contribution in [-0.2, 0) is 0 Å². The topological polar surface area (TPSA) is 46.5 Å². The third-order valence-electron chi connectivity index (χ3n) is 12.2. The predicted molar refractivity (Wildman–Crippen MR) is 151 cm³/mol. The van der Waals surface area contributed by atoms with Crippen molar-refractivity contribution in [3.05, 3.63) is 29.8 Å². The van der Waals surface area contributed by atoms with Gasteiger partial charge in [-0.05, 0) is 134 Å². The number of benzene rings is 1. The maximum Gasteiger partial charge on any atom is 0.335 e. The molecule has 3 nitrogen and oxygen atoms in total. The van der Waals surface area contributed by atoms with Crippen LogP contribution in [0.5, 0.6) is 5.75 Å². The van der Waals surface area contributed by atoms with Crippen LogP contribution in [0.1, 0.15) is 122 Å². The van der Waals surface area contributed by atoms with E-state index in [1.165, 1.54) is 64.2 Å². The molecule has 3 heteroatoms. The Kier molecular flexibility index (Phi) is 7.74. The molecule has 0 radical (unpaired) electrons. The summed E-state index contributed by atoms with van der Waals surface area (Å²) in [5, 5.41) is 9.18. The van der Waals surface area contributed by atoms with Gasteiger partial charge in [0.15, 0.2) is 0 Å². The summed E-state index contributed by atoms with van der Waals surface area (Å²) in [7, 11) is 0. The van der Waals surface area contributed by atoms with Gasteiger partial charge in [-0.3, -0.25) is 0 Å². The van der Waals surface area contributed by atoms with Crippen LogP contribution in [0.3, 0.4) is 0 Å². The van der Waals surface area contributed by atoms with Gasteiger partial charge in [-0.15, -0.1) is 0 Å². The molecule has 0 saturated heterocycles. The first-order valence-electron chi connectivity index (χ1n) is 15.6. The first-order valence-corrected chi connectivity index (χ1v) is 15.6. The van der Waals surface area contributed by atoms with Gasteiger partial charge in [-0.2, -0.15) is 0 Å². The van der Waals surface area contributed by atoms with E-state index in [9.17, 15) is 9.90 Å². The molecule has 0 aromatic heterocycles.